The lowest BCUT2D eigenvalue weighted by Crippen LogP contribution is -2.51. The van der Waals surface area contributed by atoms with Crippen LogP contribution in [0.2, 0.25) is 10.0 Å². The van der Waals surface area contributed by atoms with Crippen molar-refractivity contribution in [1.29, 1.82) is 5.26 Å². The van der Waals surface area contributed by atoms with Crippen LogP contribution in [-0.2, 0) is 24.2 Å². The molecule has 3 saturated heterocycles. The van der Waals surface area contributed by atoms with Crippen LogP contribution >= 0.6 is 55.1 Å². The van der Waals surface area contributed by atoms with E-state index in [4.69, 9.17) is 44.2 Å². The number of pyridine rings is 2. The Morgan fingerprint density at radius 3 is 2.22 bits per heavy atom. The first-order chi connectivity index (χ1) is 36.8. The third kappa shape index (κ3) is 12.6. The van der Waals surface area contributed by atoms with Gasteiger partial charge in [-0.15, -0.1) is 0 Å². The number of amides is 5. The molecule has 0 radical (unpaired) electrons. The van der Waals surface area contributed by atoms with Crippen LogP contribution < -0.4 is 11.1 Å². The number of nitrogens with two attached hydrogens (primary N) is 1. The largest absolute Gasteiger partial charge is 0.351 e. The number of carbonyl (C=O) groups is 3. The van der Waals surface area contributed by atoms with Gasteiger partial charge < -0.3 is 30.3 Å². The number of halogens is 4. The minimum absolute atomic E-state index is 0. The lowest BCUT2D eigenvalue weighted by atomic mass is 9.76. The second-order valence-electron chi connectivity index (χ2n) is 20.4. The fraction of sp³-hybridized carbons (Fsp3) is 0.373. The molecule has 0 spiro atoms. The number of hydrogen-bond donors (Lipinski definition) is 2. The average molecular weight is 1200 g/mol. The Morgan fingerprint density at radius 2 is 1.52 bits per heavy atom. The van der Waals surface area contributed by atoms with E-state index in [9.17, 15) is 14.4 Å². The molecule has 2 atom stereocenters. The number of carbonyl (C=O) groups excluding carboxylic acids is 3. The van der Waals surface area contributed by atoms with E-state index in [1.165, 1.54) is 16.7 Å². The zero-order valence-electron chi connectivity index (χ0n) is 42.3. The summed E-state index contributed by atoms with van der Waals surface area (Å²) >= 11 is 20.4. The number of nitrogens with zero attached hydrogens (tertiary/aromatic N) is 9. The maximum Gasteiger partial charge on any atom is 0.321 e. The smallest absolute Gasteiger partial charge is 0.321 e. The van der Waals surface area contributed by atoms with Gasteiger partial charge in [0.05, 0.1) is 29.1 Å². The molecule has 3 aromatic heterocycles. The minimum Gasteiger partial charge on any atom is -0.351 e. The molecule has 400 valence electrons. The summed E-state index contributed by atoms with van der Waals surface area (Å²) in [5.41, 5.74) is 17.1. The lowest BCUT2D eigenvalue weighted by Gasteiger charge is -2.39. The van der Waals surface area contributed by atoms with Crippen molar-refractivity contribution in [2.24, 2.45) is 17.6 Å². The number of urea groups is 2. The van der Waals surface area contributed by atoms with Crippen LogP contribution in [0.25, 0.3) is 11.6 Å². The Labute approximate surface area is 477 Å². The van der Waals surface area contributed by atoms with Crippen molar-refractivity contribution in [3.63, 3.8) is 0 Å². The number of nitriles is 1. The third-order valence-corrected chi connectivity index (χ3v) is 17.3. The van der Waals surface area contributed by atoms with Crippen LogP contribution in [0, 0.1) is 30.1 Å². The predicted molar refractivity (Wildman–Crippen MR) is 311 cm³/mol. The topological polar surface area (TPSA) is 170 Å². The van der Waals surface area contributed by atoms with Crippen LogP contribution in [0.3, 0.4) is 0 Å². The highest BCUT2D eigenvalue weighted by atomic mass is 79.9. The summed E-state index contributed by atoms with van der Waals surface area (Å²) in [6.45, 7) is 8.07. The molecule has 0 bridgehead atoms. The molecule has 6 aromatic rings. The molecule has 6 heterocycles. The quantitative estimate of drug-likeness (QED) is 0.159. The molecular weight excluding hydrogens is 1140 g/mol. The fourth-order valence-corrected chi connectivity index (χ4v) is 13.4. The van der Waals surface area contributed by atoms with E-state index in [1.54, 1.807) is 29.2 Å². The molecule has 18 heteroatoms. The first kappa shape index (κ1) is 55.7. The van der Waals surface area contributed by atoms with E-state index < -0.39 is 0 Å². The number of nitrogens with one attached hydrogen (secondary N) is 1. The van der Waals surface area contributed by atoms with Gasteiger partial charge in [-0.05, 0) is 179 Å². The molecule has 11 rings (SSSR count). The Kier molecular flexibility index (Phi) is 17.9. The van der Waals surface area contributed by atoms with E-state index in [-0.39, 0.29) is 37.4 Å². The molecule has 2 aliphatic carbocycles. The van der Waals surface area contributed by atoms with Gasteiger partial charge in [0.1, 0.15) is 5.82 Å². The number of anilines is 1. The molecule has 14 nitrogen and oxygen atoms in total. The van der Waals surface area contributed by atoms with E-state index in [0.717, 1.165) is 105 Å². The number of imidazole rings is 1. The molecule has 5 aliphatic rings. The van der Waals surface area contributed by atoms with E-state index in [1.807, 2.05) is 59.7 Å². The van der Waals surface area contributed by atoms with Crippen LogP contribution in [0.15, 0.2) is 107 Å². The highest BCUT2D eigenvalue weighted by Gasteiger charge is 2.38. The summed E-state index contributed by atoms with van der Waals surface area (Å²) in [4.78, 5) is 59.7. The minimum atomic E-state index is -0.362. The van der Waals surface area contributed by atoms with Gasteiger partial charge in [0.2, 0.25) is 5.91 Å². The third-order valence-electron chi connectivity index (χ3n) is 15.8. The zero-order chi connectivity index (χ0) is 53.0. The predicted octanol–water partition coefficient (Wildman–Crippen LogP) is 12.2. The molecular formula is C59H63Br2Cl2N11O3. The SMILES string of the molecule is C.Cc1nccn1CC1=Cc2cccnc2[C@@H](N2CCN(C(=O)Nc3ccc(C#N)cc3)CC2)c2ccc(Cl)cc21.NC(=O)N1CCC(CC(=O)N2CCC(C3c4ncc(Br)cc4CCc4cc(Cl)cc(Br)c43)CC2)CC1. The second-order valence-corrected chi connectivity index (χ2v) is 23.0. The maximum atomic E-state index is 13.1. The van der Waals surface area contributed by atoms with Crippen molar-refractivity contribution in [2.45, 2.75) is 77.8 Å². The van der Waals surface area contributed by atoms with Crippen molar-refractivity contribution < 1.29 is 14.4 Å². The Bertz CT molecular complexity index is 3210. The molecule has 0 saturated carbocycles. The van der Waals surface area contributed by atoms with Crippen molar-refractivity contribution in [3.05, 3.63) is 173 Å². The van der Waals surface area contributed by atoms with Crippen molar-refractivity contribution in [2.75, 3.05) is 57.7 Å². The van der Waals surface area contributed by atoms with Crippen molar-refractivity contribution in [1.82, 2.24) is 39.1 Å². The Hall–Kier alpha value is -6.09. The molecule has 1 unspecified atom stereocenters. The van der Waals surface area contributed by atoms with E-state index in [0.29, 0.717) is 80.3 Å². The van der Waals surface area contributed by atoms with Gasteiger partial charge in [-0.2, -0.15) is 5.26 Å². The van der Waals surface area contributed by atoms with Gasteiger partial charge in [0, 0.05) is 121 Å². The Morgan fingerprint density at radius 1 is 0.792 bits per heavy atom. The standard InChI is InChI=1S/C31H28ClN7O.C27H31Br2ClN4O2.CH4/c1-21-34-11-12-39(21)20-24-17-23-3-2-10-35-29(23)30(27-9-6-25(32)18-28(24)27)37-13-15-38(16-14-37)31(40)36-26-7-4-22(19-33)5-8-26;28-20-12-19-2-1-18-13-21(30)14-22(29)24(18)25(26(19)32-15-20)17-5-9-33(10-6-17)23(35)11-16-3-7-34(8-4-16)27(31)36;/h2-12,17-18,30H,13-16,20H2,1H3,(H,36,40);12-17,25H,1-11H2,(H2,31,36);1H4/t30-;;/m0../s1. The summed E-state index contributed by atoms with van der Waals surface area (Å²) in [5.74, 6) is 2.09. The van der Waals surface area contributed by atoms with Crippen LogP contribution in [0.1, 0.15) is 108 Å². The molecule has 5 amide bonds. The number of primary amides is 1. The van der Waals surface area contributed by atoms with Crippen LogP contribution in [0.5, 0.6) is 0 Å². The summed E-state index contributed by atoms with van der Waals surface area (Å²) < 4.78 is 4.19. The number of likely N-dealkylation sites (tertiary alicyclic amines) is 2. The van der Waals surface area contributed by atoms with Gasteiger partial charge in [-0.3, -0.25) is 19.7 Å². The highest BCUT2D eigenvalue weighted by molar-refractivity contribution is 9.10. The fourth-order valence-electron chi connectivity index (χ4n) is 11.8. The maximum absolute atomic E-state index is 13.1. The van der Waals surface area contributed by atoms with E-state index >= 15 is 0 Å². The molecule has 3 N–H and O–H groups in total. The average Bonchev–Trinajstić information content (AvgIpc) is 3.74. The number of allylic oxidation sites excluding steroid dienone is 1. The summed E-state index contributed by atoms with van der Waals surface area (Å²) in [7, 11) is 0. The monoisotopic (exact) mass is 1200 g/mol. The molecule has 3 aliphatic heterocycles. The highest BCUT2D eigenvalue weighted by Crippen LogP contribution is 2.47. The van der Waals surface area contributed by atoms with Crippen molar-refractivity contribution in [3.8, 4) is 6.07 Å². The number of hydrogen-bond acceptors (Lipinski definition) is 8. The number of fused-ring (bicyclic) bond motifs is 4. The zero-order valence-corrected chi connectivity index (χ0v) is 47.0. The number of benzene rings is 3. The molecule has 77 heavy (non-hydrogen) atoms. The van der Waals surface area contributed by atoms with Gasteiger partial charge in [0.25, 0.3) is 0 Å². The lowest BCUT2D eigenvalue weighted by molar-refractivity contribution is -0.134. The number of piperidine rings is 2. The van der Waals surface area contributed by atoms with Gasteiger partial charge in [-0.25, -0.2) is 14.6 Å². The molecule has 3 aromatic carbocycles. The summed E-state index contributed by atoms with van der Waals surface area (Å²) in [5, 5.41) is 13.4. The number of piperazine rings is 1. The van der Waals surface area contributed by atoms with Crippen LogP contribution in [-0.4, -0.2) is 109 Å². The summed E-state index contributed by atoms with van der Waals surface area (Å²) in [6, 6.07) is 24.9. The molecule has 3 fully saturated rings. The van der Waals surface area contributed by atoms with Gasteiger partial charge >= 0.3 is 12.1 Å². The first-order valence-electron chi connectivity index (χ1n) is 26.0. The number of aromatic nitrogens is 4. The van der Waals surface area contributed by atoms with Gasteiger partial charge in [-0.1, -0.05) is 58.7 Å². The number of rotatable bonds is 7. The van der Waals surface area contributed by atoms with Crippen molar-refractivity contribution >= 4 is 90.4 Å². The van der Waals surface area contributed by atoms with E-state index in [2.05, 4.69) is 94.1 Å². The normalized spacial score (nSPS) is 18.5. The summed E-state index contributed by atoms with van der Waals surface area (Å²) in [6.07, 6.45) is 15.8. The van der Waals surface area contributed by atoms with Crippen LogP contribution in [0.4, 0.5) is 15.3 Å². The first-order valence-corrected chi connectivity index (χ1v) is 28.3. The van der Waals surface area contributed by atoms with Gasteiger partial charge in [0.15, 0.2) is 0 Å². The number of aryl methyl sites for hydroxylation is 3. The Balaban J connectivity index is 0.000000186. The second kappa shape index (κ2) is 24.7.